The molecule has 0 aromatic heterocycles. The van der Waals surface area contributed by atoms with E-state index in [1.165, 1.54) is 18.4 Å². The molecule has 2 saturated heterocycles. The number of nitrogens with zero attached hydrogens (tertiary/aromatic N) is 3. The summed E-state index contributed by atoms with van der Waals surface area (Å²) < 4.78 is 0. The minimum atomic E-state index is -0.719. The minimum Gasteiger partial charge on any atom is -0.480 e. The van der Waals surface area contributed by atoms with E-state index in [1.807, 2.05) is 0 Å². The van der Waals surface area contributed by atoms with Crippen LogP contribution in [0.1, 0.15) is 42.7 Å². The Labute approximate surface area is 149 Å². The molecule has 0 unspecified atom stereocenters. The van der Waals surface area contributed by atoms with E-state index < -0.39 is 5.97 Å². The monoisotopic (exact) mass is 344 g/mol. The van der Waals surface area contributed by atoms with Gasteiger partial charge in [-0.2, -0.15) is 5.10 Å². The van der Waals surface area contributed by atoms with Gasteiger partial charge in [0.1, 0.15) is 0 Å². The molecule has 0 spiro atoms. The van der Waals surface area contributed by atoms with Crippen LogP contribution in [-0.2, 0) is 4.79 Å². The summed E-state index contributed by atoms with van der Waals surface area (Å²) in [6.07, 6.45) is 6.23. The maximum Gasteiger partial charge on any atom is 0.317 e. The lowest BCUT2D eigenvalue weighted by atomic mass is 9.87. The molecule has 0 amide bonds. The molecular weight excluding hydrogens is 316 g/mol. The van der Waals surface area contributed by atoms with Crippen LogP contribution in [0.15, 0.2) is 29.4 Å². The molecule has 0 saturated carbocycles. The van der Waals surface area contributed by atoms with Gasteiger partial charge in [-0.25, -0.2) is 0 Å². The molecule has 0 bridgehead atoms. The summed E-state index contributed by atoms with van der Waals surface area (Å²) in [7, 11) is 0. The molecule has 0 aliphatic carbocycles. The predicted molar refractivity (Wildman–Crippen MR) is 98.9 cm³/mol. The third-order valence-electron chi connectivity index (χ3n) is 5.59. The van der Waals surface area contributed by atoms with Gasteiger partial charge < -0.3 is 15.8 Å². The molecule has 0 atom stereocenters. The first-order valence-corrected chi connectivity index (χ1v) is 9.17. The lowest BCUT2D eigenvalue weighted by molar-refractivity contribution is -0.138. The van der Waals surface area contributed by atoms with Gasteiger partial charge in [-0.1, -0.05) is 24.3 Å². The zero-order valence-corrected chi connectivity index (χ0v) is 14.7. The van der Waals surface area contributed by atoms with E-state index in [2.05, 4.69) is 39.2 Å². The number of aliphatic carboxylic acids is 1. The molecule has 2 aliphatic heterocycles. The van der Waals surface area contributed by atoms with Gasteiger partial charge >= 0.3 is 5.97 Å². The van der Waals surface area contributed by atoms with E-state index in [0.717, 1.165) is 44.6 Å². The number of nitrogens with two attached hydrogens (primary N) is 1. The fourth-order valence-corrected chi connectivity index (χ4v) is 4.17. The van der Waals surface area contributed by atoms with Crippen molar-refractivity contribution < 1.29 is 9.90 Å². The number of piperidine rings is 2. The van der Waals surface area contributed by atoms with E-state index in [1.54, 1.807) is 6.21 Å². The van der Waals surface area contributed by atoms with E-state index in [9.17, 15) is 4.79 Å². The molecule has 2 heterocycles. The molecule has 6 heteroatoms. The molecule has 25 heavy (non-hydrogen) atoms. The Morgan fingerprint density at radius 2 is 1.76 bits per heavy atom. The molecule has 6 nitrogen and oxygen atoms in total. The molecule has 1 aromatic carbocycles. The van der Waals surface area contributed by atoms with Gasteiger partial charge in [0.05, 0.1) is 12.8 Å². The van der Waals surface area contributed by atoms with Gasteiger partial charge in [0.25, 0.3) is 0 Å². The van der Waals surface area contributed by atoms with Crippen LogP contribution >= 0.6 is 0 Å². The Hall–Kier alpha value is -1.92. The first-order chi connectivity index (χ1) is 12.2. The summed E-state index contributed by atoms with van der Waals surface area (Å²) in [5.41, 5.74) is 2.45. The number of benzene rings is 1. The second-order valence-electron chi connectivity index (χ2n) is 7.16. The van der Waals surface area contributed by atoms with Crippen LogP contribution in [0.25, 0.3) is 0 Å². The number of carboxylic acid groups (broad SMARTS) is 1. The van der Waals surface area contributed by atoms with Gasteiger partial charge in [0, 0.05) is 19.1 Å². The van der Waals surface area contributed by atoms with E-state index in [0.29, 0.717) is 12.0 Å². The average molecular weight is 344 g/mol. The van der Waals surface area contributed by atoms with Gasteiger partial charge in [-0.05, 0) is 55.8 Å². The van der Waals surface area contributed by atoms with Gasteiger partial charge in [-0.3, -0.25) is 9.69 Å². The normalized spacial score (nSPS) is 21.8. The van der Waals surface area contributed by atoms with Crippen LogP contribution in [0.2, 0.25) is 0 Å². The largest absolute Gasteiger partial charge is 0.480 e. The van der Waals surface area contributed by atoms with Crippen LogP contribution in [-0.4, -0.2) is 65.9 Å². The highest BCUT2D eigenvalue weighted by Gasteiger charge is 2.29. The second kappa shape index (κ2) is 8.45. The van der Waals surface area contributed by atoms with E-state index in [-0.39, 0.29) is 6.54 Å². The van der Waals surface area contributed by atoms with Gasteiger partial charge in [-0.15, -0.1) is 0 Å². The SMILES string of the molecule is NN=Cc1ccc(C2CCN(C3CCN(CC(=O)O)CC3)CC2)cc1. The van der Waals surface area contributed by atoms with Crippen molar-refractivity contribution in [2.45, 2.75) is 37.6 Å². The predicted octanol–water partition coefficient (Wildman–Crippen LogP) is 1.71. The van der Waals surface area contributed by atoms with Crippen LogP contribution < -0.4 is 5.84 Å². The van der Waals surface area contributed by atoms with Gasteiger partial charge in [0.2, 0.25) is 0 Å². The number of hydrazone groups is 1. The Balaban J connectivity index is 1.46. The van der Waals surface area contributed by atoms with Crippen molar-refractivity contribution in [3.05, 3.63) is 35.4 Å². The van der Waals surface area contributed by atoms with Crippen LogP contribution in [0.3, 0.4) is 0 Å². The molecule has 3 N–H and O–H groups in total. The highest BCUT2D eigenvalue weighted by molar-refractivity contribution is 5.79. The van der Waals surface area contributed by atoms with Crippen molar-refractivity contribution in [1.29, 1.82) is 0 Å². The average Bonchev–Trinajstić information content (AvgIpc) is 2.63. The van der Waals surface area contributed by atoms with Gasteiger partial charge in [0.15, 0.2) is 0 Å². The second-order valence-corrected chi connectivity index (χ2v) is 7.16. The summed E-state index contributed by atoms with van der Waals surface area (Å²) >= 11 is 0. The summed E-state index contributed by atoms with van der Waals surface area (Å²) in [5.74, 6) is 5.10. The minimum absolute atomic E-state index is 0.180. The fourth-order valence-electron chi connectivity index (χ4n) is 4.17. The van der Waals surface area contributed by atoms with Crippen LogP contribution in [0, 0.1) is 0 Å². The summed E-state index contributed by atoms with van der Waals surface area (Å²) in [5, 5.41) is 12.5. The standard InChI is InChI=1S/C19H28N4O2/c20-21-13-15-1-3-16(4-2-15)17-5-11-23(12-6-17)18-7-9-22(10-8-18)14-19(24)25/h1-4,13,17-18H,5-12,14,20H2,(H,24,25). The number of hydrogen-bond donors (Lipinski definition) is 2. The number of rotatable bonds is 5. The third kappa shape index (κ3) is 4.80. The highest BCUT2D eigenvalue weighted by atomic mass is 16.4. The summed E-state index contributed by atoms with van der Waals surface area (Å²) in [4.78, 5) is 15.5. The molecule has 3 rings (SSSR count). The van der Waals surface area contributed by atoms with Crippen molar-refractivity contribution in [2.24, 2.45) is 10.9 Å². The lowest BCUT2D eigenvalue weighted by Crippen LogP contribution is -2.48. The zero-order valence-electron chi connectivity index (χ0n) is 14.7. The molecule has 2 fully saturated rings. The van der Waals surface area contributed by atoms with Crippen molar-refractivity contribution in [3.63, 3.8) is 0 Å². The number of carbonyl (C=O) groups is 1. The quantitative estimate of drug-likeness (QED) is 0.483. The molecule has 0 radical (unpaired) electrons. The van der Waals surface area contributed by atoms with Crippen LogP contribution in [0.4, 0.5) is 0 Å². The van der Waals surface area contributed by atoms with Crippen molar-refractivity contribution in [3.8, 4) is 0 Å². The molecular formula is C19H28N4O2. The van der Waals surface area contributed by atoms with Crippen molar-refractivity contribution in [2.75, 3.05) is 32.7 Å². The highest BCUT2D eigenvalue weighted by Crippen LogP contribution is 2.30. The van der Waals surface area contributed by atoms with Crippen LogP contribution in [0.5, 0.6) is 0 Å². The molecule has 136 valence electrons. The lowest BCUT2D eigenvalue weighted by Gasteiger charge is -2.41. The topological polar surface area (TPSA) is 82.2 Å². The Kier molecular flexibility index (Phi) is 6.04. The summed E-state index contributed by atoms with van der Waals surface area (Å²) in [6.45, 7) is 4.27. The Morgan fingerprint density at radius 3 is 2.32 bits per heavy atom. The summed E-state index contributed by atoms with van der Waals surface area (Å²) in [6, 6.07) is 9.17. The first kappa shape index (κ1) is 17.9. The Bertz CT molecular complexity index is 586. The number of carboxylic acids is 1. The maximum absolute atomic E-state index is 10.8. The van der Waals surface area contributed by atoms with E-state index >= 15 is 0 Å². The maximum atomic E-state index is 10.8. The van der Waals surface area contributed by atoms with Crippen molar-refractivity contribution in [1.82, 2.24) is 9.80 Å². The third-order valence-corrected chi connectivity index (χ3v) is 5.59. The first-order valence-electron chi connectivity index (χ1n) is 9.17. The fraction of sp³-hybridized carbons (Fsp3) is 0.579. The zero-order chi connectivity index (χ0) is 17.6. The number of hydrogen-bond acceptors (Lipinski definition) is 5. The van der Waals surface area contributed by atoms with E-state index in [4.69, 9.17) is 10.9 Å². The molecule has 2 aliphatic rings. The smallest absolute Gasteiger partial charge is 0.317 e. The number of likely N-dealkylation sites (tertiary alicyclic amines) is 2. The molecule has 1 aromatic rings. The van der Waals surface area contributed by atoms with Crippen molar-refractivity contribution >= 4 is 12.2 Å². The Morgan fingerprint density at radius 1 is 1.12 bits per heavy atom.